The molecular formula is C16H18N2O3S. The van der Waals surface area contributed by atoms with Crippen LogP contribution in [-0.2, 0) is 16.0 Å². The molecule has 0 saturated heterocycles. The lowest BCUT2D eigenvalue weighted by atomic mass is 10.0. The number of aliphatic carboxylic acids is 1. The highest BCUT2D eigenvalue weighted by Crippen LogP contribution is 2.16. The Labute approximate surface area is 133 Å². The third-order valence-electron chi connectivity index (χ3n) is 3.40. The third-order valence-corrected chi connectivity index (χ3v) is 3.77. The molecule has 116 valence electrons. The number of amides is 1. The zero-order valence-electron chi connectivity index (χ0n) is 11.9. The summed E-state index contributed by atoms with van der Waals surface area (Å²) in [5, 5.41) is 13.5. The number of nitrogens with one attached hydrogen (secondary N) is 1. The van der Waals surface area contributed by atoms with Crippen LogP contribution in [0.2, 0.25) is 0 Å². The molecule has 0 aliphatic rings. The van der Waals surface area contributed by atoms with Gasteiger partial charge in [0.2, 0.25) is 5.91 Å². The van der Waals surface area contributed by atoms with Crippen molar-refractivity contribution < 1.29 is 14.7 Å². The second-order valence-electron chi connectivity index (χ2n) is 5.07. The second kappa shape index (κ2) is 7.29. The number of rotatable bonds is 6. The molecule has 0 aromatic heterocycles. The average Bonchev–Trinajstić information content (AvgIpc) is 2.51. The van der Waals surface area contributed by atoms with Gasteiger partial charge in [0.05, 0.1) is 6.04 Å². The van der Waals surface area contributed by atoms with Gasteiger partial charge in [0, 0.05) is 5.75 Å². The molecule has 2 aromatic rings. The van der Waals surface area contributed by atoms with Crippen molar-refractivity contribution in [1.82, 2.24) is 5.32 Å². The number of carbonyl (C=O) groups is 2. The van der Waals surface area contributed by atoms with E-state index < -0.39 is 24.0 Å². The van der Waals surface area contributed by atoms with E-state index in [2.05, 4.69) is 17.9 Å². The van der Waals surface area contributed by atoms with E-state index in [1.54, 1.807) is 0 Å². The molecule has 4 N–H and O–H groups in total. The van der Waals surface area contributed by atoms with Gasteiger partial charge in [-0.05, 0) is 22.8 Å². The molecule has 0 unspecified atom stereocenters. The van der Waals surface area contributed by atoms with E-state index >= 15 is 0 Å². The Kier molecular flexibility index (Phi) is 5.41. The lowest BCUT2D eigenvalue weighted by molar-refractivity contribution is -0.141. The van der Waals surface area contributed by atoms with Crippen LogP contribution < -0.4 is 11.1 Å². The van der Waals surface area contributed by atoms with E-state index in [-0.39, 0.29) is 5.75 Å². The van der Waals surface area contributed by atoms with E-state index in [0.717, 1.165) is 16.3 Å². The lowest BCUT2D eigenvalue weighted by Gasteiger charge is -2.16. The summed E-state index contributed by atoms with van der Waals surface area (Å²) < 4.78 is 0. The van der Waals surface area contributed by atoms with Crippen molar-refractivity contribution in [2.24, 2.45) is 5.73 Å². The molecule has 0 bridgehead atoms. The van der Waals surface area contributed by atoms with Crippen LogP contribution in [0.4, 0.5) is 0 Å². The predicted octanol–water partition coefficient (Wildman–Crippen LogP) is 1.21. The fourth-order valence-corrected chi connectivity index (χ4v) is 2.42. The molecule has 0 heterocycles. The molecule has 2 aromatic carbocycles. The van der Waals surface area contributed by atoms with Crippen LogP contribution in [-0.4, -0.2) is 34.8 Å². The summed E-state index contributed by atoms with van der Waals surface area (Å²) >= 11 is 3.90. The standard InChI is InChI=1S/C16H18N2O3S/c17-13(15(19)18-14(9-22)16(20)21)8-10-5-6-11-3-1-2-4-12(11)7-10/h1-7,13-14,22H,8-9,17H2,(H,18,19)(H,20,21)/t13-,14+/m1/s1. The summed E-state index contributed by atoms with van der Waals surface area (Å²) in [6, 6.07) is 12.0. The topological polar surface area (TPSA) is 92.4 Å². The molecule has 6 heteroatoms. The molecule has 5 nitrogen and oxygen atoms in total. The maximum absolute atomic E-state index is 12.0. The molecule has 2 atom stereocenters. The molecule has 0 saturated carbocycles. The zero-order valence-corrected chi connectivity index (χ0v) is 12.8. The van der Waals surface area contributed by atoms with Crippen LogP contribution in [0.5, 0.6) is 0 Å². The molecular weight excluding hydrogens is 300 g/mol. The number of carbonyl (C=O) groups excluding carboxylic acids is 1. The fraction of sp³-hybridized carbons (Fsp3) is 0.250. The van der Waals surface area contributed by atoms with Crippen LogP contribution in [0, 0.1) is 0 Å². The number of hydrogen-bond donors (Lipinski definition) is 4. The van der Waals surface area contributed by atoms with Crippen molar-refractivity contribution in [2.45, 2.75) is 18.5 Å². The smallest absolute Gasteiger partial charge is 0.327 e. The van der Waals surface area contributed by atoms with Gasteiger partial charge in [0.25, 0.3) is 0 Å². The summed E-state index contributed by atoms with van der Waals surface area (Å²) in [6.07, 6.45) is 0.343. The first-order valence-corrected chi connectivity index (χ1v) is 7.52. The SMILES string of the molecule is N[C@H](Cc1ccc2ccccc2c1)C(=O)N[C@@H](CS)C(=O)O. The number of benzene rings is 2. The van der Waals surface area contributed by atoms with Crippen molar-refractivity contribution in [2.75, 3.05) is 5.75 Å². The van der Waals surface area contributed by atoms with Gasteiger partial charge >= 0.3 is 5.97 Å². The Bertz CT molecular complexity index is 690. The van der Waals surface area contributed by atoms with Crippen molar-refractivity contribution in [1.29, 1.82) is 0 Å². The highest BCUT2D eigenvalue weighted by molar-refractivity contribution is 7.80. The lowest BCUT2D eigenvalue weighted by Crippen LogP contribution is -2.50. The molecule has 22 heavy (non-hydrogen) atoms. The Morgan fingerprint density at radius 2 is 1.86 bits per heavy atom. The van der Waals surface area contributed by atoms with Crippen molar-refractivity contribution in [3.8, 4) is 0 Å². The van der Waals surface area contributed by atoms with Gasteiger partial charge in [0.15, 0.2) is 0 Å². The maximum Gasteiger partial charge on any atom is 0.327 e. The molecule has 0 aliphatic heterocycles. The second-order valence-corrected chi connectivity index (χ2v) is 5.44. The van der Waals surface area contributed by atoms with Crippen LogP contribution in [0.25, 0.3) is 10.8 Å². The minimum Gasteiger partial charge on any atom is -0.480 e. The number of hydrogen-bond acceptors (Lipinski definition) is 4. The van der Waals surface area contributed by atoms with Crippen LogP contribution in [0.1, 0.15) is 5.56 Å². The average molecular weight is 318 g/mol. The fourth-order valence-electron chi connectivity index (χ4n) is 2.18. The van der Waals surface area contributed by atoms with Crippen molar-refractivity contribution in [3.05, 3.63) is 48.0 Å². The third kappa shape index (κ3) is 3.99. The Balaban J connectivity index is 2.04. The number of carboxylic acid groups (broad SMARTS) is 1. The Morgan fingerprint density at radius 1 is 1.18 bits per heavy atom. The summed E-state index contributed by atoms with van der Waals surface area (Å²) in [7, 11) is 0. The Morgan fingerprint density at radius 3 is 2.50 bits per heavy atom. The van der Waals surface area contributed by atoms with Gasteiger partial charge in [-0.15, -0.1) is 0 Å². The number of thiol groups is 1. The van der Waals surface area contributed by atoms with Gasteiger partial charge in [-0.3, -0.25) is 4.79 Å². The number of carboxylic acids is 1. The molecule has 0 radical (unpaired) electrons. The van der Waals surface area contributed by atoms with Gasteiger partial charge in [-0.2, -0.15) is 12.6 Å². The van der Waals surface area contributed by atoms with Crippen LogP contribution in [0.3, 0.4) is 0 Å². The molecule has 0 fully saturated rings. The summed E-state index contributed by atoms with van der Waals surface area (Å²) in [4.78, 5) is 22.8. The normalized spacial score (nSPS) is 13.5. The van der Waals surface area contributed by atoms with Crippen LogP contribution >= 0.6 is 12.6 Å². The highest BCUT2D eigenvalue weighted by atomic mass is 32.1. The van der Waals surface area contributed by atoms with Gasteiger partial charge in [-0.25, -0.2) is 4.79 Å². The number of fused-ring (bicyclic) bond motifs is 1. The maximum atomic E-state index is 12.0. The van der Waals surface area contributed by atoms with E-state index in [1.165, 1.54) is 0 Å². The summed E-state index contributed by atoms with van der Waals surface area (Å²) in [5.41, 5.74) is 6.80. The van der Waals surface area contributed by atoms with Gasteiger partial charge < -0.3 is 16.2 Å². The van der Waals surface area contributed by atoms with Crippen LogP contribution in [0.15, 0.2) is 42.5 Å². The number of nitrogens with two attached hydrogens (primary N) is 1. The quantitative estimate of drug-likeness (QED) is 0.602. The minimum absolute atomic E-state index is 0.0176. The van der Waals surface area contributed by atoms with E-state index in [4.69, 9.17) is 10.8 Å². The predicted molar refractivity (Wildman–Crippen MR) is 89.0 cm³/mol. The molecule has 2 rings (SSSR count). The first kappa shape index (κ1) is 16.3. The summed E-state index contributed by atoms with van der Waals surface area (Å²) in [5.74, 6) is -1.60. The first-order chi connectivity index (χ1) is 10.5. The monoisotopic (exact) mass is 318 g/mol. The molecule has 0 spiro atoms. The Hall–Kier alpha value is -2.05. The summed E-state index contributed by atoms with van der Waals surface area (Å²) in [6.45, 7) is 0. The van der Waals surface area contributed by atoms with E-state index in [1.807, 2.05) is 42.5 Å². The largest absolute Gasteiger partial charge is 0.480 e. The van der Waals surface area contributed by atoms with Gasteiger partial charge in [0.1, 0.15) is 6.04 Å². The molecule has 0 aliphatic carbocycles. The zero-order chi connectivity index (χ0) is 16.1. The molecule has 1 amide bonds. The van der Waals surface area contributed by atoms with E-state index in [9.17, 15) is 9.59 Å². The van der Waals surface area contributed by atoms with Crippen molar-refractivity contribution >= 4 is 35.3 Å². The highest BCUT2D eigenvalue weighted by Gasteiger charge is 2.22. The van der Waals surface area contributed by atoms with Crippen molar-refractivity contribution in [3.63, 3.8) is 0 Å². The van der Waals surface area contributed by atoms with E-state index in [0.29, 0.717) is 6.42 Å². The first-order valence-electron chi connectivity index (χ1n) is 6.88. The van der Waals surface area contributed by atoms with Gasteiger partial charge in [-0.1, -0.05) is 42.5 Å². The minimum atomic E-state index is -1.12.